The van der Waals surface area contributed by atoms with E-state index >= 15 is 0 Å². The minimum atomic E-state index is -1.21. The normalized spacial score (nSPS) is 44.2. The average Bonchev–Trinajstić information content (AvgIpc) is 1.99. The molecule has 1 aliphatic rings. The lowest BCUT2D eigenvalue weighted by Gasteiger charge is -2.43. The summed E-state index contributed by atoms with van der Waals surface area (Å²) in [5.41, 5.74) is -1.90. The smallest absolute Gasteiger partial charge is 0.176 e. The highest BCUT2D eigenvalue weighted by molar-refractivity contribution is 5.40. The van der Waals surface area contributed by atoms with Gasteiger partial charge >= 0.3 is 0 Å². The molecular weight excluding hydrogens is 128 g/mol. The summed E-state index contributed by atoms with van der Waals surface area (Å²) in [6.07, 6.45) is 8.38. The summed E-state index contributed by atoms with van der Waals surface area (Å²) in [5, 5.41) is 9.49. The van der Waals surface area contributed by atoms with Crippen LogP contribution in [0, 0.1) is 12.3 Å². The second-order valence-corrected chi connectivity index (χ2v) is 2.56. The third-order valence-electron chi connectivity index (χ3n) is 2.04. The van der Waals surface area contributed by atoms with Gasteiger partial charge in [0.15, 0.2) is 5.60 Å². The molecule has 2 atom stereocenters. The third-order valence-corrected chi connectivity index (χ3v) is 2.04. The van der Waals surface area contributed by atoms with Gasteiger partial charge in [0.25, 0.3) is 0 Å². The lowest BCUT2D eigenvalue weighted by atomic mass is 9.75. The molecule has 0 bridgehead atoms. The van der Waals surface area contributed by atoms with Gasteiger partial charge in [-0.1, -0.05) is 5.92 Å². The molecule has 0 amide bonds. The predicted molar refractivity (Wildman–Crippen MR) is 38.3 cm³/mol. The van der Waals surface area contributed by atoms with Crippen LogP contribution < -0.4 is 0 Å². The standard InChI is InChI=1S/C8H10O2/c1-4-8(9)6-5-7(8,2)10-3/h1,5-6,9H,2-3H3/t7-,8+/m0/s1. The van der Waals surface area contributed by atoms with Crippen molar-refractivity contribution < 1.29 is 9.84 Å². The molecule has 10 heavy (non-hydrogen) atoms. The molecule has 0 unspecified atom stereocenters. The number of ether oxygens (including phenoxy) is 1. The highest BCUT2D eigenvalue weighted by atomic mass is 16.5. The lowest BCUT2D eigenvalue weighted by Crippen LogP contribution is -2.56. The van der Waals surface area contributed by atoms with Crippen molar-refractivity contribution >= 4 is 0 Å². The Bertz CT molecular complexity index is 214. The van der Waals surface area contributed by atoms with E-state index in [1.807, 2.05) is 0 Å². The van der Waals surface area contributed by atoms with Gasteiger partial charge in [-0.05, 0) is 19.1 Å². The second-order valence-electron chi connectivity index (χ2n) is 2.56. The summed E-state index contributed by atoms with van der Waals surface area (Å²) in [6, 6.07) is 0. The fourth-order valence-electron chi connectivity index (χ4n) is 0.891. The van der Waals surface area contributed by atoms with Crippen LogP contribution in [0.25, 0.3) is 0 Å². The fourth-order valence-corrected chi connectivity index (χ4v) is 0.891. The molecule has 0 spiro atoms. The molecule has 2 heteroatoms. The zero-order valence-electron chi connectivity index (χ0n) is 6.09. The maximum Gasteiger partial charge on any atom is 0.176 e. The number of rotatable bonds is 1. The van der Waals surface area contributed by atoms with E-state index in [2.05, 4.69) is 5.92 Å². The Labute approximate surface area is 60.5 Å². The van der Waals surface area contributed by atoms with Crippen molar-refractivity contribution in [3.8, 4) is 12.3 Å². The van der Waals surface area contributed by atoms with E-state index in [0.29, 0.717) is 0 Å². The van der Waals surface area contributed by atoms with E-state index in [-0.39, 0.29) is 0 Å². The Morgan fingerprint density at radius 1 is 1.60 bits per heavy atom. The maximum absolute atomic E-state index is 9.49. The van der Waals surface area contributed by atoms with Crippen LogP contribution >= 0.6 is 0 Å². The molecule has 2 nitrogen and oxygen atoms in total. The van der Waals surface area contributed by atoms with Crippen molar-refractivity contribution in [3.05, 3.63) is 12.2 Å². The largest absolute Gasteiger partial charge is 0.371 e. The molecule has 0 heterocycles. The van der Waals surface area contributed by atoms with Crippen LogP contribution in [0.2, 0.25) is 0 Å². The van der Waals surface area contributed by atoms with Gasteiger partial charge in [0.05, 0.1) is 0 Å². The van der Waals surface area contributed by atoms with E-state index < -0.39 is 11.2 Å². The van der Waals surface area contributed by atoms with Crippen LogP contribution in [0.15, 0.2) is 12.2 Å². The Balaban J connectivity index is 2.91. The quantitative estimate of drug-likeness (QED) is 0.418. The van der Waals surface area contributed by atoms with Crippen LogP contribution in [0.4, 0.5) is 0 Å². The zero-order chi connectivity index (χ0) is 7.83. The molecule has 0 aromatic carbocycles. The Morgan fingerprint density at radius 3 is 2.30 bits per heavy atom. The van der Waals surface area contributed by atoms with Crippen LogP contribution in [0.3, 0.4) is 0 Å². The summed E-state index contributed by atoms with van der Waals surface area (Å²) in [7, 11) is 1.52. The number of methoxy groups -OCH3 is 1. The molecule has 0 aliphatic heterocycles. The molecule has 1 rings (SSSR count). The summed E-state index contributed by atoms with van der Waals surface area (Å²) >= 11 is 0. The van der Waals surface area contributed by atoms with Crippen LogP contribution in [0.1, 0.15) is 6.92 Å². The second kappa shape index (κ2) is 1.85. The average molecular weight is 138 g/mol. The summed E-state index contributed by atoms with van der Waals surface area (Å²) < 4.78 is 5.00. The summed E-state index contributed by atoms with van der Waals surface area (Å²) in [5.74, 6) is 2.26. The van der Waals surface area contributed by atoms with E-state index in [1.54, 1.807) is 19.1 Å². The van der Waals surface area contributed by atoms with Crippen molar-refractivity contribution in [2.24, 2.45) is 0 Å². The fraction of sp³-hybridized carbons (Fsp3) is 0.500. The molecule has 0 saturated carbocycles. The molecule has 0 aromatic rings. The number of aliphatic hydroxyl groups is 1. The molecule has 0 radical (unpaired) electrons. The van der Waals surface area contributed by atoms with Gasteiger partial charge in [0.2, 0.25) is 0 Å². The van der Waals surface area contributed by atoms with Gasteiger partial charge < -0.3 is 9.84 Å². The van der Waals surface area contributed by atoms with Crippen molar-refractivity contribution in [2.75, 3.05) is 7.11 Å². The van der Waals surface area contributed by atoms with Crippen molar-refractivity contribution in [1.29, 1.82) is 0 Å². The van der Waals surface area contributed by atoms with Crippen LogP contribution in [-0.2, 0) is 4.74 Å². The molecule has 1 aliphatic carbocycles. The molecule has 0 fully saturated rings. The van der Waals surface area contributed by atoms with Gasteiger partial charge in [-0.15, -0.1) is 6.42 Å². The lowest BCUT2D eigenvalue weighted by molar-refractivity contribution is -0.0917. The minimum Gasteiger partial charge on any atom is -0.371 e. The van der Waals surface area contributed by atoms with Gasteiger partial charge in [-0.3, -0.25) is 0 Å². The number of hydrogen-bond donors (Lipinski definition) is 1. The van der Waals surface area contributed by atoms with Gasteiger partial charge in [-0.25, -0.2) is 0 Å². The van der Waals surface area contributed by atoms with E-state index in [4.69, 9.17) is 11.2 Å². The molecule has 0 saturated heterocycles. The van der Waals surface area contributed by atoms with E-state index in [1.165, 1.54) is 7.11 Å². The summed E-state index contributed by atoms with van der Waals surface area (Å²) in [4.78, 5) is 0. The first kappa shape index (κ1) is 7.33. The highest BCUT2D eigenvalue weighted by Crippen LogP contribution is 2.36. The molecular formula is C8H10O2. The summed E-state index contributed by atoms with van der Waals surface area (Å²) in [6.45, 7) is 1.74. The van der Waals surface area contributed by atoms with Crippen molar-refractivity contribution in [2.45, 2.75) is 18.1 Å². The van der Waals surface area contributed by atoms with Crippen molar-refractivity contribution in [3.63, 3.8) is 0 Å². The monoisotopic (exact) mass is 138 g/mol. The third kappa shape index (κ3) is 0.620. The van der Waals surface area contributed by atoms with Crippen LogP contribution in [0.5, 0.6) is 0 Å². The number of terminal acetylenes is 1. The first-order valence-electron chi connectivity index (χ1n) is 3.04. The van der Waals surface area contributed by atoms with Gasteiger partial charge in [0, 0.05) is 7.11 Å². The zero-order valence-corrected chi connectivity index (χ0v) is 6.09. The topological polar surface area (TPSA) is 29.5 Å². The molecule has 54 valence electrons. The first-order chi connectivity index (χ1) is 4.58. The maximum atomic E-state index is 9.49. The first-order valence-corrected chi connectivity index (χ1v) is 3.04. The molecule has 1 N–H and O–H groups in total. The van der Waals surface area contributed by atoms with Gasteiger partial charge in [0.1, 0.15) is 5.60 Å². The van der Waals surface area contributed by atoms with Crippen LogP contribution in [-0.4, -0.2) is 23.4 Å². The van der Waals surface area contributed by atoms with E-state index in [0.717, 1.165) is 0 Å². The van der Waals surface area contributed by atoms with E-state index in [9.17, 15) is 5.11 Å². The number of hydrogen-bond acceptors (Lipinski definition) is 2. The predicted octanol–water partition coefficient (Wildman–Crippen LogP) is 0.326. The molecule has 0 aromatic heterocycles. The SMILES string of the molecule is C#C[C@@]1(O)C=C[C@]1(C)OC. The Morgan fingerprint density at radius 2 is 2.20 bits per heavy atom. The van der Waals surface area contributed by atoms with Crippen molar-refractivity contribution in [1.82, 2.24) is 0 Å². The Kier molecular flexibility index (Phi) is 1.36. The highest BCUT2D eigenvalue weighted by Gasteiger charge is 2.49. The van der Waals surface area contributed by atoms with Gasteiger partial charge in [-0.2, -0.15) is 0 Å². The minimum absolute atomic E-state index is 0.693. The Hall–Kier alpha value is -0.780.